The number of nitrogens with zero attached hydrogens (tertiary/aromatic N) is 4. The van der Waals surface area contributed by atoms with Gasteiger partial charge in [0.1, 0.15) is 11.6 Å². The lowest BCUT2D eigenvalue weighted by atomic mass is 9.67. The molecular formula is C32H34F4N6O3. The average molecular weight is 627 g/mol. The second-order valence-corrected chi connectivity index (χ2v) is 12.4. The molecule has 0 radical (unpaired) electrons. The first-order valence-corrected chi connectivity index (χ1v) is 14.8. The summed E-state index contributed by atoms with van der Waals surface area (Å²) in [5.74, 6) is -1.82. The van der Waals surface area contributed by atoms with E-state index in [1.165, 1.54) is 18.1 Å². The fraction of sp³-hybridized carbons (Fsp3) is 0.438. The van der Waals surface area contributed by atoms with Crippen molar-refractivity contribution in [2.75, 3.05) is 39.6 Å². The number of ether oxygens (including phenoxy) is 1. The van der Waals surface area contributed by atoms with E-state index in [1.807, 2.05) is 0 Å². The second-order valence-electron chi connectivity index (χ2n) is 12.4. The molecule has 3 aromatic rings. The van der Waals surface area contributed by atoms with E-state index in [1.54, 1.807) is 25.2 Å². The van der Waals surface area contributed by atoms with E-state index in [9.17, 15) is 22.8 Å². The third kappa shape index (κ3) is 6.05. The van der Waals surface area contributed by atoms with Crippen molar-refractivity contribution >= 4 is 23.5 Å². The molecule has 1 spiro atoms. The molecule has 1 saturated heterocycles. The lowest BCUT2D eigenvalue weighted by molar-refractivity contribution is -0.138. The summed E-state index contributed by atoms with van der Waals surface area (Å²) in [7, 11) is 5.05. The molecule has 238 valence electrons. The average Bonchev–Trinajstić information content (AvgIpc) is 3.26. The Labute approximate surface area is 258 Å². The van der Waals surface area contributed by atoms with Crippen molar-refractivity contribution in [1.29, 1.82) is 0 Å². The Kier molecular flexibility index (Phi) is 7.92. The molecule has 45 heavy (non-hydrogen) atoms. The molecule has 0 unspecified atom stereocenters. The number of likely N-dealkylation sites (tertiary alicyclic amines) is 1. The van der Waals surface area contributed by atoms with Gasteiger partial charge in [0.05, 0.1) is 29.6 Å². The van der Waals surface area contributed by atoms with Crippen LogP contribution in [0.5, 0.6) is 5.75 Å². The Morgan fingerprint density at radius 3 is 2.56 bits per heavy atom. The Morgan fingerprint density at radius 2 is 1.89 bits per heavy atom. The molecule has 3 aliphatic rings. The van der Waals surface area contributed by atoms with Crippen molar-refractivity contribution < 1.29 is 31.9 Å². The predicted molar refractivity (Wildman–Crippen MR) is 158 cm³/mol. The zero-order valence-electron chi connectivity index (χ0n) is 25.2. The van der Waals surface area contributed by atoms with Crippen molar-refractivity contribution in [2.45, 2.75) is 50.9 Å². The number of hydrogen-bond donors (Lipinski definition) is 2. The SMILES string of the molecule is COc1cc(C(=O)NC2CCC3(CC2)CN(C)C3)c(F)cc1Nc1ncc(C(F)(F)F)c(Cc2cccc3c2C(=O)N(C)C3)n1. The first kappa shape index (κ1) is 30.8. The molecule has 2 aliphatic heterocycles. The first-order valence-electron chi connectivity index (χ1n) is 14.8. The van der Waals surface area contributed by atoms with Crippen molar-refractivity contribution in [3.8, 4) is 5.75 Å². The molecule has 2 aromatic carbocycles. The van der Waals surface area contributed by atoms with Gasteiger partial charge in [-0.25, -0.2) is 14.4 Å². The molecule has 1 saturated carbocycles. The van der Waals surface area contributed by atoms with Crippen LogP contribution in [0.25, 0.3) is 0 Å². The van der Waals surface area contributed by atoms with Gasteiger partial charge in [0.15, 0.2) is 0 Å². The van der Waals surface area contributed by atoms with Crippen LogP contribution in [0.15, 0.2) is 36.5 Å². The normalized spacial score (nSPS) is 18.1. The van der Waals surface area contributed by atoms with Gasteiger partial charge in [-0.1, -0.05) is 18.2 Å². The molecule has 1 aliphatic carbocycles. The van der Waals surface area contributed by atoms with Gasteiger partial charge in [-0.2, -0.15) is 13.2 Å². The summed E-state index contributed by atoms with van der Waals surface area (Å²) in [5, 5.41) is 5.69. The van der Waals surface area contributed by atoms with Crippen LogP contribution in [0, 0.1) is 11.2 Å². The highest BCUT2D eigenvalue weighted by Crippen LogP contribution is 2.43. The third-order valence-corrected chi connectivity index (χ3v) is 9.11. The molecule has 9 nitrogen and oxygen atoms in total. The topological polar surface area (TPSA) is 99.7 Å². The monoisotopic (exact) mass is 626 g/mol. The number of benzene rings is 2. The maximum absolute atomic E-state index is 15.3. The number of carbonyl (C=O) groups is 2. The zero-order valence-corrected chi connectivity index (χ0v) is 25.2. The van der Waals surface area contributed by atoms with E-state index in [4.69, 9.17) is 4.74 Å². The van der Waals surface area contributed by atoms with Gasteiger partial charge >= 0.3 is 6.18 Å². The van der Waals surface area contributed by atoms with Gasteiger partial charge in [0, 0.05) is 57.0 Å². The first-order chi connectivity index (χ1) is 21.4. The summed E-state index contributed by atoms with van der Waals surface area (Å²) < 4.78 is 62.6. The molecule has 2 N–H and O–H groups in total. The van der Waals surface area contributed by atoms with Crippen LogP contribution >= 0.6 is 0 Å². The molecular weight excluding hydrogens is 592 g/mol. The standard InChI is InChI=1S/C32H34F4N6O3/c1-41-16-31(17-41)9-7-20(8-10-31)38-28(43)21-12-26(45-3)25(13-23(21)33)40-30-37-14-22(32(34,35)36)24(39-30)11-18-5-4-6-19-15-42(2)29(44)27(18)19/h4-6,12-14,20H,7-11,15-17H2,1-3H3,(H,38,43)(H,37,39,40). The highest BCUT2D eigenvalue weighted by molar-refractivity contribution is 5.99. The summed E-state index contributed by atoms with van der Waals surface area (Å²) in [4.78, 5) is 37.5. The number of rotatable bonds is 7. The molecule has 3 heterocycles. The lowest BCUT2D eigenvalue weighted by Gasteiger charge is -2.52. The largest absolute Gasteiger partial charge is 0.495 e. The van der Waals surface area contributed by atoms with Crippen LogP contribution in [0.1, 0.15) is 68.8 Å². The number of aromatic nitrogens is 2. The number of fused-ring (bicyclic) bond motifs is 1. The minimum Gasteiger partial charge on any atom is -0.495 e. The Balaban J connectivity index is 1.22. The van der Waals surface area contributed by atoms with Crippen LogP contribution in [0.2, 0.25) is 0 Å². The zero-order chi connectivity index (χ0) is 32.1. The van der Waals surface area contributed by atoms with Crippen LogP contribution in [0.3, 0.4) is 0 Å². The highest BCUT2D eigenvalue weighted by Gasteiger charge is 2.43. The summed E-state index contributed by atoms with van der Waals surface area (Å²) >= 11 is 0. The van der Waals surface area contributed by atoms with Crippen LogP contribution in [0.4, 0.5) is 29.2 Å². The summed E-state index contributed by atoms with van der Waals surface area (Å²) in [6.45, 7) is 2.48. The molecule has 13 heteroatoms. The van der Waals surface area contributed by atoms with E-state index in [-0.39, 0.29) is 47.0 Å². The van der Waals surface area contributed by atoms with E-state index in [0.717, 1.165) is 50.4 Å². The quantitative estimate of drug-likeness (QED) is 0.350. The van der Waals surface area contributed by atoms with Gasteiger partial charge in [0.2, 0.25) is 5.95 Å². The van der Waals surface area contributed by atoms with Crippen molar-refractivity contribution in [3.63, 3.8) is 0 Å². The highest BCUT2D eigenvalue weighted by atomic mass is 19.4. The van der Waals surface area contributed by atoms with Gasteiger partial charge in [-0.05, 0) is 55.3 Å². The molecule has 6 rings (SSSR count). The van der Waals surface area contributed by atoms with Gasteiger partial charge in [0.25, 0.3) is 11.8 Å². The lowest BCUT2D eigenvalue weighted by Crippen LogP contribution is -2.57. The predicted octanol–water partition coefficient (Wildman–Crippen LogP) is 5.17. The number of carbonyl (C=O) groups excluding carboxylic acids is 2. The fourth-order valence-corrected chi connectivity index (χ4v) is 6.92. The smallest absolute Gasteiger partial charge is 0.419 e. The summed E-state index contributed by atoms with van der Waals surface area (Å²) in [6, 6.07) is 7.28. The number of methoxy groups -OCH3 is 1. The number of hydrogen-bond acceptors (Lipinski definition) is 7. The van der Waals surface area contributed by atoms with Gasteiger partial charge in [-0.3, -0.25) is 9.59 Å². The maximum atomic E-state index is 15.3. The van der Waals surface area contributed by atoms with E-state index in [0.29, 0.717) is 29.3 Å². The Morgan fingerprint density at radius 1 is 1.16 bits per heavy atom. The van der Waals surface area contributed by atoms with Gasteiger partial charge < -0.3 is 25.2 Å². The van der Waals surface area contributed by atoms with Crippen molar-refractivity contribution in [2.24, 2.45) is 5.41 Å². The van der Waals surface area contributed by atoms with E-state index < -0.39 is 23.5 Å². The number of nitrogens with one attached hydrogen (secondary N) is 2. The fourth-order valence-electron chi connectivity index (χ4n) is 6.92. The Hall–Kier alpha value is -4.26. The van der Waals surface area contributed by atoms with Crippen molar-refractivity contribution in [3.05, 3.63) is 75.9 Å². The molecule has 2 amide bonds. The van der Waals surface area contributed by atoms with Crippen molar-refractivity contribution in [1.82, 2.24) is 25.1 Å². The second kappa shape index (κ2) is 11.6. The molecule has 0 bridgehead atoms. The number of amides is 2. The maximum Gasteiger partial charge on any atom is 0.419 e. The van der Waals surface area contributed by atoms with Crippen LogP contribution < -0.4 is 15.4 Å². The third-order valence-electron chi connectivity index (χ3n) is 9.11. The minimum atomic E-state index is -4.75. The van der Waals surface area contributed by atoms with E-state index >= 15 is 4.39 Å². The van der Waals surface area contributed by atoms with Crippen LogP contribution in [-0.4, -0.2) is 71.9 Å². The molecule has 0 atom stereocenters. The molecule has 1 aromatic heterocycles. The number of alkyl halides is 3. The number of halogens is 4. The number of anilines is 2. The minimum absolute atomic E-state index is 0.0309. The summed E-state index contributed by atoms with van der Waals surface area (Å²) in [6.07, 6.45) is -0.720. The van der Waals surface area contributed by atoms with Crippen LogP contribution in [-0.2, 0) is 19.1 Å². The van der Waals surface area contributed by atoms with Gasteiger partial charge in [-0.15, -0.1) is 0 Å². The van der Waals surface area contributed by atoms with E-state index in [2.05, 4.69) is 32.5 Å². The summed E-state index contributed by atoms with van der Waals surface area (Å²) in [5.41, 5.74) is 0.246. The molecule has 2 fully saturated rings. The Bertz CT molecular complexity index is 1650.